The van der Waals surface area contributed by atoms with Crippen molar-refractivity contribution in [3.8, 4) is 5.75 Å². The highest BCUT2D eigenvalue weighted by molar-refractivity contribution is 7.14. The first kappa shape index (κ1) is 16.5. The molecule has 0 aliphatic heterocycles. The summed E-state index contributed by atoms with van der Waals surface area (Å²) in [6, 6.07) is 1.85. The van der Waals surface area contributed by atoms with Gasteiger partial charge >= 0.3 is 5.97 Å². The number of nitrogens with one attached hydrogen (secondary N) is 1. The average molecular weight is 299 g/mol. The van der Waals surface area contributed by atoms with Crippen LogP contribution in [-0.2, 0) is 4.79 Å². The molecule has 0 aliphatic rings. The quantitative estimate of drug-likeness (QED) is 0.687. The number of hydrogen-bond acceptors (Lipinski definition) is 4. The highest BCUT2D eigenvalue weighted by Crippen LogP contribution is 2.28. The summed E-state index contributed by atoms with van der Waals surface area (Å²) in [5.41, 5.74) is 0. The lowest BCUT2D eigenvalue weighted by atomic mass is 10.1. The molecule has 0 saturated heterocycles. The Morgan fingerprint density at radius 2 is 2.00 bits per heavy atom. The van der Waals surface area contributed by atoms with Crippen molar-refractivity contribution in [2.24, 2.45) is 0 Å². The van der Waals surface area contributed by atoms with Gasteiger partial charge in [-0.2, -0.15) is 0 Å². The Balaban J connectivity index is 2.21. The van der Waals surface area contributed by atoms with Gasteiger partial charge in [-0.1, -0.05) is 12.8 Å². The normalized spacial score (nSPS) is 10.3. The predicted molar refractivity (Wildman–Crippen MR) is 78.7 cm³/mol. The Morgan fingerprint density at radius 1 is 1.30 bits per heavy atom. The number of rotatable bonds is 9. The lowest BCUT2D eigenvalue weighted by Gasteiger charge is -2.05. The topological polar surface area (TPSA) is 75.6 Å². The van der Waals surface area contributed by atoms with Crippen LogP contribution in [0.3, 0.4) is 0 Å². The number of carbonyl (C=O) groups excluding carboxylic acids is 1. The third-order valence-corrected chi connectivity index (χ3v) is 3.88. The molecule has 0 aliphatic carbocycles. The number of aryl methyl sites for hydroxylation is 1. The van der Waals surface area contributed by atoms with Crippen LogP contribution >= 0.6 is 11.3 Å². The van der Waals surface area contributed by atoms with Gasteiger partial charge in [-0.25, -0.2) is 0 Å². The largest absolute Gasteiger partial charge is 0.495 e. The maximum Gasteiger partial charge on any atom is 0.303 e. The summed E-state index contributed by atoms with van der Waals surface area (Å²) < 4.78 is 5.16. The van der Waals surface area contributed by atoms with Crippen molar-refractivity contribution < 1.29 is 19.4 Å². The lowest BCUT2D eigenvalue weighted by Crippen LogP contribution is -2.23. The average Bonchev–Trinajstić information content (AvgIpc) is 2.78. The van der Waals surface area contributed by atoms with Crippen molar-refractivity contribution in [2.75, 3.05) is 13.7 Å². The number of carboxylic acid groups (broad SMARTS) is 1. The summed E-state index contributed by atoms with van der Waals surface area (Å²) in [5, 5.41) is 11.4. The third kappa shape index (κ3) is 5.61. The molecule has 1 heterocycles. The standard InChI is InChI=1S/C14H21NO4S/c1-10-9-11(19-2)13(20-10)14(18)15-8-6-4-3-5-7-12(16)17/h9H,3-8H2,1-2H3,(H,15,18)(H,16,17). The SMILES string of the molecule is COc1cc(C)sc1C(=O)NCCCCCCC(=O)O. The zero-order valence-electron chi connectivity index (χ0n) is 11.9. The molecule has 1 aromatic rings. The zero-order chi connectivity index (χ0) is 15.0. The highest BCUT2D eigenvalue weighted by atomic mass is 32.1. The third-order valence-electron chi connectivity index (χ3n) is 2.85. The molecule has 1 amide bonds. The van der Waals surface area contributed by atoms with E-state index in [9.17, 15) is 9.59 Å². The Morgan fingerprint density at radius 3 is 2.65 bits per heavy atom. The van der Waals surface area contributed by atoms with E-state index in [1.54, 1.807) is 7.11 Å². The van der Waals surface area contributed by atoms with E-state index in [-0.39, 0.29) is 12.3 Å². The molecule has 2 N–H and O–H groups in total. The van der Waals surface area contributed by atoms with E-state index in [4.69, 9.17) is 9.84 Å². The smallest absolute Gasteiger partial charge is 0.303 e. The van der Waals surface area contributed by atoms with E-state index in [0.29, 0.717) is 23.6 Å². The molecule has 0 saturated carbocycles. The number of thiophene rings is 1. The lowest BCUT2D eigenvalue weighted by molar-refractivity contribution is -0.137. The van der Waals surface area contributed by atoms with Gasteiger partial charge in [-0.3, -0.25) is 9.59 Å². The second-order valence-corrected chi connectivity index (χ2v) is 5.82. The maximum atomic E-state index is 12.0. The summed E-state index contributed by atoms with van der Waals surface area (Å²) in [6.07, 6.45) is 3.58. The Bertz CT molecular complexity index is 456. The van der Waals surface area contributed by atoms with Gasteiger partial charge in [0.05, 0.1) is 7.11 Å². The van der Waals surface area contributed by atoms with Gasteiger partial charge in [-0.05, 0) is 25.8 Å². The predicted octanol–water partition coefficient (Wildman–Crippen LogP) is 2.83. The molecule has 20 heavy (non-hydrogen) atoms. The van der Waals surface area contributed by atoms with Crippen molar-refractivity contribution in [3.05, 3.63) is 15.8 Å². The van der Waals surface area contributed by atoms with Crippen LogP contribution in [0.5, 0.6) is 5.75 Å². The molecular weight excluding hydrogens is 278 g/mol. The number of methoxy groups -OCH3 is 1. The van der Waals surface area contributed by atoms with Crippen molar-refractivity contribution in [2.45, 2.75) is 39.0 Å². The second kappa shape index (κ2) is 8.58. The Hall–Kier alpha value is -1.56. The number of aliphatic carboxylic acids is 1. The van der Waals surface area contributed by atoms with Crippen LogP contribution in [0.1, 0.15) is 46.7 Å². The molecule has 0 unspecified atom stereocenters. The number of carbonyl (C=O) groups is 2. The molecule has 0 fully saturated rings. The minimum atomic E-state index is -0.751. The molecular formula is C14H21NO4S. The maximum absolute atomic E-state index is 12.0. The molecule has 0 bridgehead atoms. The number of amides is 1. The number of hydrogen-bond donors (Lipinski definition) is 2. The van der Waals surface area contributed by atoms with Crippen molar-refractivity contribution in [1.82, 2.24) is 5.32 Å². The van der Waals surface area contributed by atoms with E-state index < -0.39 is 5.97 Å². The number of carboxylic acids is 1. The molecule has 0 atom stereocenters. The number of ether oxygens (including phenoxy) is 1. The fourth-order valence-electron chi connectivity index (χ4n) is 1.84. The van der Waals surface area contributed by atoms with Crippen LogP contribution in [0.4, 0.5) is 0 Å². The molecule has 6 heteroatoms. The van der Waals surface area contributed by atoms with Gasteiger partial charge in [0, 0.05) is 17.8 Å². The van der Waals surface area contributed by atoms with Crippen molar-refractivity contribution in [3.63, 3.8) is 0 Å². The van der Waals surface area contributed by atoms with Crippen LogP contribution in [0, 0.1) is 6.92 Å². The summed E-state index contributed by atoms with van der Waals surface area (Å²) >= 11 is 1.42. The van der Waals surface area contributed by atoms with E-state index in [0.717, 1.165) is 24.1 Å². The van der Waals surface area contributed by atoms with Crippen molar-refractivity contribution in [1.29, 1.82) is 0 Å². The molecule has 1 rings (SSSR count). The Kier molecular flexibility index (Phi) is 7.08. The minimum absolute atomic E-state index is 0.106. The van der Waals surface area contributed by atoms with Crippen LogP contribution in [-0.4, -0.2) is 30.6 Å². The molecule has 0 aromatic carbocycles. The highest BCUT2D eigenvalue weighted by Gasteiger charge is 2.14. The van der Waals surface area contributed by atoms with Crippen LogP contribution in [0.15, 0.2) is 6.07 Å². The van der Waals surface area contributed by atoms with Gasteiger partial charge in [-0.15, -0.1) is 11.3 Å². The molecule has 0 radical (unpaired) electrons. The fraction of sp³-hybridized carbons (Fsp3) is 0.571. The van der Waals surface area contributed by atoms with Crippen LogP contribution in [0.2, 0.25) is 0 Å². The molecule has 112 valence electrons. The van der Waals surface area contributed by atoms with Gasteiger partial charge in [0.2, 0.25) is 0 Å². The molecule has 5 nitrogen and oxygen atoms in total. The summed E-state index contributed by atoms with van der Waals surface area (Å²) in [5.74, 6) is -0.240. The van der Waals surface area contributed by atoms with Gasteiger partial charge in [0.15, 0.2) is 0 Å². The van der Waals surface area contributed by atoms with Crippen molar-refractivity contribution >= 4 is 23.2 Å². The monoisotopic (exact) mass is 299 g/mol. The summed E-state index contributed by atoms with van der Waals surface area (Å²) in [7, 11) is 1.56. The molecule has 0 spiro atoms. The first-order valence-electron chi connectivity index (χ1n) is 6.69. The minimum Gasteiger partial charge on any atom is -0.495 e. The van der Waals surface area contributed by atoms with Crippen LogP contribution in [0.25, 0.3) is 0 Å². The first-order chi connectivity index (χ1) is 9.54. The first-order valence-corrected chi connectivity index (χ1v) is 7.50. The van der Waals surface area contributed by atoms with E-state index >= 15 is 0 Å². The fourth-order valence-corrected chi connectivity index (χ4v) is 2.73. The zero-order valence-corrected chi connectivity index (χ0v) is 12.7. The second-order valence-electron chi connectivity index (χ2n) is 4.57. The summed E-state index contributed by atoms with van der Waals surface area (Å²) in [6.45, 7) is 2.54. The summed E-state index contributed by atoms with van der Waals surface area (Å²) in [4.78, 5) is 23.9. The Labute approximate surface area is 123 Å². The molecule has 1 aromatic heterocycles. The van der Waals surface area contributed by atoms with Gasteiger partial charge in [0.25, 0.3) is 5.91 Å². The van der Waals surface area contributed by atoms with Crippen LogP contribution < -0.4 is 10.1 Å². The number of unbranched alkanes of at least 4 members (excludes halogenated alkanes) is 3. The van der Waals surface area contributed by atoms with Gasteiger partial charge < -0.3 is 15.2 Å². The van der Waals surface area contributed by atoms with Gasteiger partial charge in [0.1, 0.15) is 10.6 Å². The van der Waals surface area contributed by atoms with E-state index in [2.05, 4.69) is 5.32 Å². The van der Waals surface area contributed by atoms with E-state index in [1.165, 1.54) is 11.3 Å². The van der Waals surface area contributed by atoms with E-state index in [1.807, 2.05) is 13.0 Å².